The van der Waals surface area contributed by atoms with Gasteiger partial charge in [0.2, 0.25) is 11.8 Å². The minimum absolute atomic E-state index is 0.000186. The maximum absolute atomic E-state index is 11.0. The monoisotopic (exact) mass is 212 g/mol. The zero-order valence-electron chi connectivity index (χ0n) is 8.79. The van der Waals surface area contributed by atoms with Crippen molar-refractivity contribution in [1.29, 1.82) is 0 Å². The standard InChI is InChI=1S/C10H16N2O3/c1-2-4-8(13)5-3-6-10(15)12-7-9(11)14/h2,4H,3,5-7H2,1H3,(H2,11,14)(H,12,15). The highest BCUT2D eigenvalue weighted by molar-refractivity contribution is 5.90. The number of hydrogen-bond acceptors (Lipinski definition) is 3. The van der Waals surface area contributed by atoms with Gasteiger partial charge in [0.1, 0.15) is 0 Å². The molecular weight excluding hydrogens is 196 g/mol. The predicted octanol–water partition coefficient (Wildman–Crippen LogP) is -0.0966. The molecule has 3 N–H and O–H groups in total. The zero-order chi connectivity index (χ0) is 11.7. The van der Waals surface area contributed by atoms with Crippen LogP contribution in [-0.4, -0.2) is 24.1 Å². The van der Waals surface area contributed by atoms with E-state index in [2.05, 4.69) is 5.32 Å². The summed E-state index contributed by atoms with van der Waals surface area (Å²) < 4.78 is 0. The van der Waals surface area contributed by atoms with Gasteiger partial charge in [-0.25, -0.2) is 0 Å². The molecule has 0 aliphatic rings. The van der Waals surface area contributed by atoms with Crippen LogP contribution < -0.4 is 11.1 Å². The summed E-state index contributed by atoms with van der Waals surface area (Å²) in [4.78, 5) is 32.4. The average Bonchev–Trinajstić information content (AvgIpc) is 2.15. The summed E-state index contributed by atoms with van der Waals surface area (Å²) in [6.45, 7) is 1.61. The van der Waals surface area contributed by atoms with Gasteiger partial charge in [0.15, 0.2) is 5.78 Å². The van der Waals surface area contributed by atoms with Crippen LogP contribution in [0.4, 0.5) is 0 Å². The Morgan fingerprint density at radius 3 is 2.47 bits per heavy atom. The van der Waals surface area contributed by atoms with Crippen molar-refractivity contribution in [2.24, 2.45) is 5.73 Å². The Kier molecular flexibility index (Phi) is 6.88. The first kappa shape index (κ1) is 13.4. The Morgan fingerprint density at radius 2 is 1.93 bits per heavy atom. The first-order chi connectivity index (χ1) is 7.06. The first-order valence-electron chi connectivity index (χ1n) is 4.76. The highest BCUT2D eigenvalue weighted by atomic mass is 16.2. The van der Waals surface area contributed by atoms with Gasteiger partial charge in [-0.2, -0.15) is 0 Å². The lowest BCUT2D eigenvalue weighted by Crippen LogP contribution is -2.33. The van der Waals surface area contributed by atoms with Crippen molar-refractivity contribution in [2.45, 2.75) is 26.2 Å². The lowest BCUT2D eigenvalue weighted by Gasteiger charge is -2.01. The molecule has 0 aromatic heterocycles. The molecule has 0 bridgehead atoms. The fourth-order valence-electron chi connectivity index (χ4n) is 0.966. The minimum atomic E-state index is -0.576. The lowest BCUT2D eigenvalue weighted by molar-refractivity contribution is -0.125. The SMILES string of the molecule is CC=CC(=O)CCCC(=O)NCC(N)=O. The van der Waals surface area contributed by atoms with E-state index in [1.807, 2.05) is 0 Å². The van der Waals surface area contributed by atoms with E-state index in [0.717, 1.165) is 0 Å². The summed E-state index contributed by atoms with van der Waals surface area (Å²) in [5, 5.41) is 2.35. The third kappa shape index (κ3) is 8.67. The Labute approximate surface area is 88.7 Å². The Balaban J connectivity index is 3.55. The number of ketones is 1. The number of amides is 2. The van der Waals surface area contributed by atoms with Crippen molar-refractivity contribution in [3.05, 3.63) is 12.2 Å². The Bertz CT molecular complexity index is 272. The number of allylic oxidation sites excluding steroid dienone is 2. The summed E-state index contributed by atoms with van der Waals surface area (Å²) in [6.07, 6.45) is 4.19. The molecule has 0 rings (SSSR count). The molecule has 0 atom stereocenters. The van der Waals surface area contributed by atoms with Gasteiger partial charge in [0, 0.05) is 12.8 Å². The molecule has 5 heteroatoms. The molecule has 0 heterocycles. The van der Waals surface area contributed by atoms with Gasteiger partial charge in [-0.15, -0.1) is 0 Å². The first-order valence-corrected chi connectivity index (χ1v) is 4.76. The van der Waals surface area contributed by atoms with Crippen molar-refractivity contribution < 1.29 is 14.4 Å². The second-order valence-corrected chi connectivity index (χ2v) is 3.06. The topological polar surface area (TPSA) is 89.3 Å². The number of nitrogens with two attached hydrogens (primary N) is 1. The van der Waals surface area contributed by atoms with Crippen molar-refractivity contribution in [2.75, 3.05) is 6.54 Å². The van der Waals surface area contributed by atoms with E-state index >= 15 is 0 Å². The van der Waals surface area contributed by atoms with Gasteiger partial charge < -0.3 is 11.1 Å². The van der Waals surface area contributed by atoms with E-state index in [0.29, 0.717) is 12.8 Å². The highest BCUT2D eigenvalue weighted by Crippen LogP contribution is 1.97. The predicted molar refractivity (Wildman–Crippen MR) is 55.9 cm³/mol. The number of carbonyl (C=O) groups is 3. The summed E-state index contributed by atoms with van der Waals surface area (Å²) in [5.74, 6) is -0.837. The molecule has 0 spiro atoms. The van der Waals surface area contributed by atoms with Gasteiger partial charge in [0.25, 0.3) is 0 Å². The summed E-state index contributed by atoms with van der Waals surface area (Å²) in [7, 11) is 0. The van der Waals surface area contributed by atoms with Crippen LogP contribution in [0.2, 0.25) is 0 Å². The molecule has 0 aromatic carbocycles. The van der Waals surface area contributed by atoms with Crippen molar-refractivity contribution in [1.82, 2.24) is 5.32 Å². The number of carbonyl (C=O) groups excluding carboxylic acids is 3. The van der Waals surface area contributed by atoms with Crippen LogP contribution in [0.25, 0.3) is 0 Å². The van der Waals surface area contributed by atoms with Crippen LogP contribution in [0.3, 0.4) is 0 Å². The average molecular weight is 212 g/mol. The summed E-state index contributed by atoms with van der Waals surface area (Å²) >= 11 is 0. The molecule has 0 radical (unpaired) electrons. The molecule has 0 saturated heterocycles. The number of rotatable bonds is 7. The van der Waals surface area contributed by atoms with Crippen LogP contribution >= 0.6 is 0 Å². The van der Waals surface area contributed by atoms with Gasteiger partial charge in [-0.1, -0.05) is 6.08 Å². The van der Waals surface area contributed by atoms with E-state index < -0.39 is 5.91 Å². The van der Waals surface area contributed by atoms with E-state index in [-0.39, 0.29) is 24.7 Å². The third-order valence-electron chi connectivity index (χ3n) is 1.64. The number of nitrogens with one attached hydrogen (secondary N) is 1. The van der Waals surface area contributed by atoms with Crippen molar-refractivity contribution in [3.8, 4) is 0 Å². The normalized spacial score (nSPS) is 10.2. The summed E-state index contributed by atoms with van der Waals surface area (Å²) in [6, 6.07) is 0. The maximum Gasteiger partial charge on any atom is 0.236 e. The van der Waals surface area contributed by atoms with E-state index in [9.17, 15) is 14.4 Å². The molecule has 0 aliphatic heterocycles. The van der Waals surface area contributed by atoms with Gasteiger partial charge in [-0.05, 0) is 19.4 Å². The quantitative estimate of drug-likeness (QED) is 0.577. The van der Waals surface area contributed by atoms with Crippen LogP contribution in [0.5, 0.6) is 0 Å². The second kappa shape index (κ2) is 7.73. The van der Waals surface area contributed by atoms with Gasteiger partial charge in [0.05, 0.1) is 6.54 Å². The molecule has 15 heavy (non-hydrogen) atoms. The highest BCUT2D eigenvalue weighted by Gasteiger charge is 2.03. The Morgan fingerprint density at radius 1 is 1.27 bits per heavy atom. The van der Waals surface area contributed by atoms with E-state index in [1.165, 1.54) is 6.08 Å². The van der Waals surface area contributed by atoms with Crippen molar-refractivity contribution >= 4 is 17.6 Å². The van der Waals surface area contributed by atoms with Crippen LogP contribution in [0.15, 0.2) is 12.2 Å². The number of hydrogen-bond donors (Lipinski definition) is 2. The second-order valence-electron chi connectivity index (χ2n) is 3.06. The molecule has 0 fully saturated rings. The van der Waals surface area contributed by atoms with Gasteiger partial charge >= 0.3 is 0 Å². The minimum Gasteiger partial charge on any atom is -0.368 e. The van der Waals surface area contributed by atoms with E-state index in [4.69, 9.17) is 5.73 Å². The Hall–Kier alpha value is -1.65. The van der Waals surface area contributed by atoms with Crippen LogP contribution in [0.1, 0.15) is 26.2 Å². The molecule has 0 aliphatic carbocycles. The zero-order valence-corrected chi connectivity index (χ0v) is 8.79. The van der Waals surface area contributed by atoms with E-state index in [1.54, 1.807) is 13.0 Å². The smallest absolute Gasteiger partial charge is 0.236 e. The molecule has 5 nitrogen and oxygen atoms in total. The maximum atomic E-state index is 11.0. The van der Waals surface area contributed by atoms with Crippen molar-refractivity contribution in [3.63, 3.8) is 0 Å². The fourth-order valence-corrected chi connectivity index (χ4v) is 0.966. The summed E-state index contributed by atoms with van der Waals surface area (Å²) in [5.41, 5.74) is 4.84. The largest absolute Gasteiger partial charge is 0.368 e. The molecule has 2 amide bonds. The van der Waals surface area contributed by atoms with Crippen LogP contribution in [0, 0.1) is 0 Å². The third-order valence-corrected chi connectivity index (χ3v) is 1.64. The molecular formula is C10H16N2O3. The lowest BCUT2D eigenvalue weighted by atomic mass is 10.1. The molecule has 0 unspecified atom stereocenters. The van der Waals surface area contributed by atoms with Crippen LogP contribution in [-0.2, 0) is 14.4 Å². The molecule has 84 valence electrons. The van der Waals surface area contributed by atoms with Gasteiger partial charge in [-0.3, -0.25) is 14.4 Å². The molecule has 0 saturated carbocycles. The number of primary amides is 1. The molecule has 0 aromatic rings. The fraction of sp³-hybridized carbons (Fsp3) is 0.500.